The van der Waals surface area contributed by atoms with Crippen molar-refractivity contribution in [3.8, 4) is 0 Å². The fourth-order valence-electron chi connectivity index (χ4n) is 0.863. The lowest BCUT2D eigenvalue weighted by atomic mass is 9.91. The molecular formula is C5H9BNO3. The first kappa shape index (κ1) is 7.56. The van der Waals surface area contributed by atoms with Crippen molar-refractivity contribution in [1.29, 1.82) is 0 Å². The first-order valence-electron chi connectivity index (χ1n) is 3.18. The fraction of sp³-hybridized carbons (Fsp3) is 0.800. The van der Waals surface area contributed by atoms with Crippen molar-refractivity contribution in [2.24, 2.45) is 0 Å². The van der Waals surface area contributed by atoms with E-state index in [1.54, 1.807) is 4.81 Å². The summed E-state index contributed by atoms with van der Waals surface area (Å²) in [5.74, 6) is -0.887. The number of carboxylic acid groups (broad SMARTS) is 1. The fourth-order valence-corrected chi connectivity index (χ4v) is 0.863. The first-order valence-corrected chi connectivity index (χ1v) is 3.18. The highest BCUT2D eigenvalue weighted by molar-refractivity contribution is 6.69. The zero-order chi connectivity index (χ0) is 7.40. The quantitative estimate of drug-likeness (QED) is 0.533. The van der Waals surface area contributed by atoms with Crippen LogP contribution in [0, 0.1) is 0 Å². The monoisotopic (exact) mass is 142 g/mol. The Morgan fingerprint density at radius 3 is 2.60 bits per heavy atom. The Morgan fingerprint density at radius 1 is 1.50 bits per heavy atom. The van der Waals surface area contributed by atoms with Crippen LogP contribution in [0.5, 0.6) is 0 Å². The highest BCUT2D eigenvalue weighted by Gasteiger charge is 2.15. The van der Waals surface area contributed by atoms with Crippen LogP contribution in [0.3, 0.4) is 0 Å². The minimum Gasteiger partial charge on any atom is -0.488 e. The van der Waals surface area contributed by atoms with E-state index in [4.69, 9.17) is 9.84 Å². The molecule has 1 heterocycles. The molecule has 0 amide bonds. The molecule has 5 heteroatoms. The van der Waals surface area contributed by atoms with Gasteiger partial charge in [-0.25, -0.2) is 0 Å². The zero-order valence-corrected chi connectivity index (χ0v) is 5.62. The zero-order valence-electron chi connectivity index (χ0n) is 5.62. The third-order valence-electron chi connectivity index (χ3n) is 1.34. The molecule has 0 aliphatic carbocycles. The van der Waals surface area contributed by atoms with Gasteiger partial charge >= 0.3 is 7.41 Å². The second-order valence-corrected chi connectivity index (χ2v) is 2.12. The smallest absolute Gasteiger partial charge is 0.357 e. The summed E-state index contributed by atoms with van der Waals surface area (Å²) in [4.78, 5) is 11.9. The van der Waals surface area contributed by atoms with Crippen LogP contribution in [-0.2, 0) is 4.74 Å². The Labute approximate surface area is 60.0 Å². The number of carbonyl (C=O) groups is 1. The lowest BCUT2D eigenvalue weighted by molar-refractivity contribution is 0.0723. The van der Waals surface area contributed by atoms with E-state index in [2.05, 4.69) is 0 Å². The van der Waals surface area contributed by atoms with Crippen molar-refractivity contribution in [2.75, 3.05) is 26.3 Å². The van der Waals surface area contributed by atoms with Crippen LogP contribution in [-0.4, -0.2) is 49.5 Å². The van der Waals surface area contributed by atoms with Crippen molar-refractivity contribution < 1.29 is 14.6 Å². The van der Waals surface area contributed by atoms with Gasteiger partial charge < -0.3 is 14.7 Å². The van der Waals surface area contributed by atoms with Crippen molar-refractivity contribution >= 4 is 13.3 Å². The van der Waals surface area contributed by atoms with E-state index >= 15 is 0 Å². The van der Waals surface area contributed by atoms with Gasteiger partial charge in [-0.05, 0) is 0 Å². The Bertz CT molecular complexity index is 124. The van der Waals surface area contributed by atoms with E-state index in [9.17, 15) is 4.79 Å². The number of rotatable bonds is 2. The summed E-state index contributed by atoms with van der Waals surface area (Å²) in [5, 5.41) is 8.33. The maximum atomic E-state index is 10.1. The number of nitrogens with zero attached hydrogens (tertiary/aromatic N) is 1. The molecular weight excluding hydrogens is 133 g/mol. The highest BCUT2D eigenvalue weighted by atomic mass is 16.5. The summed E-state index contributed by atoms with van der Waals surface area (Å²) in [5.41, 5.74) is 0. The standard InChI is InChI=1S/C5H9BNO3/c8-5(9)6-7-1-3-10-4-2-7/h1-4H2,(H,8,9). The molecule has 1 rings (SSSR count). The Hall–Kier alpha value is -0.545. The van der Waals surface area contributed by atoms with Gasteiger partial charge in [0.05, 0.1) is 13.2 Å². The summed E-state index contributed by atoms with van der Waals surface area (Å²) in [6.45, 7) is 2.63. The van der Waals surface area contributed by atoms with Crippen molar-refractivity contribution in [3.05, 3.63) is 0 Å². The van der Waals surface area contributed by atoms with Crippen LogP contribution >= 0.6 is 0 Å². The molecule has 1 saturated heterocycles. The van der Waals surface area contributed by atoms with Gasteiger partial charge in [0.15, 0.2) is 0 Å². The first-order chi connectivity index (χ1) is 4.79. The molecule has 0 bridgehead atoms. The van der Waals surface area contributed by atoms with E-state index in [1.165, 1.54) is 7.41 Å². The van der Waals surface area contributed by atoms with Crippen LogP contribution in [0.25, 0.3) is 0 Å². The Kier molecular flexibility index (Phi) is 2.71. The molecule has 0 aromatic carbocycles. The van der Waals surface area contributed by atoms with Gasteiger partial charge in [-0.2, -0.15) is 0 Å². The molecule has 0 atom stereocenters. The second-order valence-electron chi connectivity index (χ2n) is 2.12. The van der Waals surface area contributed by atoms with Gasteiger partial charge in [0.1, 0.15) is 0 Å². The molecule has 55 valence electrons. The predicted molar refractivity (Wildman–Crippen MR) is 36.2 cm³/mol. The van der Waals surface area contributed by atoms with Gasteiger partial charge in [-0.3, -0.25) is 4.79 Å². The van der Waals surface area contributed by atoms with Gasteiger partial charge in [0, 0.05) is 13.1 Å². The largest absolute Gasteiger partial charge is 0.488 e. The van der Waals surface area contributed by atoms with Crippen LogP contribution in [0.4, 0.5) is 4.79 Å². The van der Waals surface area contributed by atoms with Crippen molar-refractivity contribution in [2.45, 2.75) is 0 Å². The van der Waals surface area contributed by atoms with Gasteiger partial charge in [-0.1, -0.05) is 0 Å². The second kappa shape index (κ2) is 3.58. The maximum Gasteiger partial charge on any atom is 0.357 e. The highest BCUT2D eigenvalue weighted by Crippen LogP contribution is 1.93. The molecule has 0 aromatic heterocycles. The van der Waals surface area contributed by atoms with Gasteiger partial charge in [0.2, 0.25) is 0 Å². The van der Waals surface area contributed by atoms with Crippen molar-refractivity contribution in [1.82, 2.24) is 4.81 Å². The normalized spacial score (nSPS) is 20.4. The molecule has 1 fully saturated rings. The van der Waals surface area contributed by atoms with Gasteiger partial charge in [-0.15, -0.1) is 0 Å². The summed E-state index contributed by atoms with van der Waals surface area (Å²) in [7, 11) is 1.20. The topological polar surface area (TPSA) is 49.8 Å². The van der Waals surface area contributed by atoms with E-state index in [-0.39, 0.29) is 0 Å². The minimum absolute atomic E-state index is 0.629. The molecule has 0 unspecified atom stereocenters. The number of hydrogen-bond acceptors (Lipinski definition) is 3. The summed E-state index contributed by atoms with van der Waals surface area (Å²) < 4.78 is 5.03. The number of hydrogen-bond donors (Lipinski definition) is 1. The van der Waals surface area contributed by atoms with Crippen molar-refractivity contribution in [3.63, 3.8) is 0 Å². The maximum absolute atomic E-state index is 10.1. The Balaban J connectivity index is 2.19. The molecule has 10 heavy (non-hydrogen) atoms. The molecule has 1 N–H and O–H groups in total. The molecule has 0 spiro atoms. The molecule has 1 radical (unpaired) electrons. The predicted octanol–water partition coefficient (Wildman–Crippen LogP) is -0.384. The van der Waals surface area contributed by atoms with Crippen LogP contribution in [0.1, 0.15) is 0 Å². The molecule has 1 aliphatic rings. The molecule has 0 aromatic rings. The summed E-state index contributed by atoms with van der Waals surface area (Å²) in [6, 6.07) is 0. The average Bonchev–Trinajstić information content (AvgIpc) is 1.88. The lowest BCUT2D eigenvalue weighted by Crippen LogP contribution is -2.41. The number of morpholine rings is 1. The van der Waals surface area contributed by atoms with E-state index < -0.39 is 5.87 Å². The van der Waals surface area contributed by atoms with Crippen LogP contribution in [0.15, 0.2) is 0 Å². The minimum atomic E-state index is -0.887. The van der Waals surface area contributed by atoms with E-state index in [0.717, 1.165) is 0 Å². The third-order valence-corrected chi connectivity index (χ3v) is 1.34. The molecule has 0 saturated carbocycles. The molecule has 4 nitrogen and oxygen atoms in total. The molecule has 1 aliphatic heterocycles. The summed E-state index contributed by atoms with van der Waals surface area (Å²) >= 11 is 0. The van der Waals surface area contributed by atoms with Crippen LogP contribution in [0.2, 0.25) is 0 Å². The summed E-state index contributed by atoms with van der Waals surface area (Å²) in [6.07, 6.45) is 0. The number of ether oxygens (including phenoxy) is 1. The SMILES string of the molecule is O=C(O)[B]N1CCOCC1. The Morgan fingerprint density at radius 2 is 2.10 bits per heavy atom. The van der Waals surface area contributed by atoms with E-state index in [1.807, 2.05) is 0 Å². The average molecular weight is 142 g/mol. The van der Waals surface area contributed by atoms with Gasteiger partial charge in [0.25, 0.3) is 5.87 Å². The van der Waals surface area contributed by atoms with Crippen LogP contribution < -0.4 is 0 Å². The third kappa shape index (κ3) is 2.37. The lowest BCUT2D eigenvalue weighted by Gasteiger charge is -2.23. The van der Waals surface area contributed by atoms with E-state index in [0.29, 0.717) is 26.3 Å².